The van der Waals surface area contributed by atoms with Gasteiger partial charge in [-0.3, -0.25) is 4.57 Å². The highest BCUT2D eigenvalue weighted by molar-refractivity contribution is 6.16. The smallest absolute Gasteiger partial charge is 0.145 e. The number of aromatic nitrogens is 3. The van der Waals surface area contributed by atoms with Crippen LogP contribution in [0.2, 0.25) is 0 Å². The molecule has 308 valence electrons. The zero-order chi connectivity index (χ0) is 43.6. The Kier molecular flexibility index (Phi) is 8.00. The van der Waals surface area contributed by atoms with Crippen LogP contribution in [0.1, 0.15) is 49.9 Å². The van der Waals surface area contributed by atoms with E-state index in [9.17, 15) is 0 Å². The predicted octanol–water partition coefficient (Wildman–Crippen LogP) is 16.0. The predicted molar refractivity (Wildman–Crippen MR) is 271 cm³/mol. The summed E-state index contributed by atoms with van der Waals surface area (Å²) in [6, 6.07) is 73.3. The Hall–Kier alpha value is -7.88. The first kappa shape index (κ1) is 37.7. The normalized spacial score (nSPS) is 14.1. The molecule has 2 aliphatic carbocycles. The minimum atomic E-state index is -0.131. The van der Waals surface area contributed by atoms with Gasteiger partial charge >= 0.3 is 0 Å². The number of fused-ring (bicyclic) bond motifs is 10. The Balaban J connectivity index is 1.07. The van der Waals surface area contributed by atoms with E-state index in [2.05, 4.69) is 232 Å². The van der Waals surface area contributed by atoms with Gasteiger partial charge in [0.1, 0.15) is 5.82 Å². The number of benzene rings is 9. The summed E-state index contributed by atoms with van der Waals surface area (Å²) in [7, 11) is 0. The lowest BCUT2D eigenvalue weighted by Crippen LogP contribution is -2.15. The summed E-state index contributed by atoms with van der Waals surface area (Å²) in [5.41, 5.74) is 22.4. The SMILES string of the molecule is CC1(C)c2ccccc2-c2ccc(-c3cc(-c4ccc5c(c4)nc(-c4ccccc4)n5-c4ccccc4)c4cc(-c5ccc6c(c5)C(C)(C)c5ccccc5-6)c5ccccc5c4n3)cc21. The third-order valence-corrected chi connectivity index (χ3v) is 14.6. The van der Waals surface area contributed by atoms with Gasteiger partial charge in [-0.25, -0.2) is 9.97 Å². The number of hydrogen-bond donors (Lipinski definition) is 0. The standard InChI is InChI=1S/C62H45N3/c1-61(2)52-25-15-13-22-44(52)46-30-27-39(33-54(46)61)49-36-51-50(40-29-32-58-57(35-40)64-60(38-17-7-5-8-18-38)65(58)42-19-9-6-10-20-42)37-56(63-59(51)48-24-12-11-21-43(48)49)41-28-31-47-45-23-14-16-26-53(45)62(3,4)55(47)34-41/h5-37H,1-4H3. The average Bonchev–Trinajstić information content (AvgIpc) is 3.93. The fraction of sp³-hybridized carbons (Fsp3) is 0.0968. The van der Waals surface area contributed by atoms with Gasteiger partial charge in [0.05, 0.1) is 22.2 Å². The molecule has 65 heavy (non-hydrogen) atoms. The van der Waals surface area contributed by atoms with E-state index in [1.165, 1.54) is 61.0 Å². The second kappa shape index (κ2) is 13.8. The highest BCUT2D eigenvalue weighted by Crippen LogP contribution is 2.52. The van der Waals surface area contributed by atoms with Gasteiger partial charge in [0, 0.05) is 38.4 Å². The summed E-state index contributed by atoms with van der Waals surface area (Å²) in [6.07, 6.45) is 0. The molecule has 0 aliphatic heterocycles. The van der Waals surface area contributed by atoms with Crippen LogP contribution in [0.5, 0.6) is 0 Å². The fourth-order valence-corrected chi connectivity index (χ4v) is 11.3. The van der Waals surface area contributed by atoms with Crippen molar-refractivity contribution in [1.82, 2.24) is 14.5 Å². The van der Waals surface area contributed by atoms with Gasteiger partial charge < -0.3 is 0 Å². The van der Waals surface area contributed by atoms with Crippen LogP contribution < -0.4 is 0 Å². The Labute approximate surface area is 379 Å². The number of nitrogens with zero attached hydrogens (tertiary/aromatic N) is 3. The Morgan fingerprint density at radius 2 is 0.877 bits per heavy atom. The van der Waals surface area contributed by atoms with E-state index in [4.69, 9.17) is 9.97 Å². The van der Waals surface area contributed by atoms with Crippen LogP contribution in [0.3, 0.4) is 0 Å². The fourth-order valence-electron chi connectivity index (χ4n) is 11.3. The molecule has 0 amide bonds. The highest BCUT2D eigenvalue weighted by Gasteiger charge is 2.37. The third-order valence-electron chi connectivity index (χ3n) is 14.6. The quantitative estimate of drug-likeness (QED) is 0.162. The van der Waals surface area contributed by atoms with Gasteiger partial charge in [0.25, 0.3) is 0 Å². The van der Waals surface area contributed by atoms with Gasteiger partial charge in [-0.05, 0) is 121 Å². The summed E-state index contributed by atoms with van der Waals surface area (Å²) in [5, 5.41) is 3.45. The second-order valence-electron chi connectivity index (χ2n) is 19.0. The molecule has 2 aliphatic rings. The first-order valence-electron chi connectivity index (χ1n) is 22.7. The number of hydrogen-bond acceptors (Lipinski definition) is 2. The molecule has 0 bridgehead atoms. The van der Waals surface area contributed by atoms with Gasteiger partial charge in [0.2, 0.25) is 0 Å². The van der Waals surface area contributed by atoms with E-state index in [1.807, 2.05) is 0 Å². The van der Waals surface area contributed by atoms with Gasteiger partial charge in [-0.2, -0.15) is 0 Å². The molecule has 13 rings (SSSR count). The van der Waals surface area contributed by atoms with E-state index in [0.29, 0.717) is 0 Å². The summed E-state index contributed by atoms with van der Waals surface area (Å²) >= 11 is 0. The van der Waals surface area contributed by atoms with Crippen molar-refractivity contribution in [3.05, 3.63) is 222 Å². The molecule has 0 saturated carbocycles. The Morgan fingerprint density at radius 1 is 0.354 bits per heavy atom. The number of imidazole rings is 1. The third kappa shape index (κ3) is 5.55. The van der Waals surface area contributed by atoms with Crippen molar-refractivity contribution in [3.63, 3.8) is 0 Å². The molecule has 11 aromatic rings. The van der Waals surface area contributed by atoms with Crippen molar-refractivity contribution in [2.24, 2.45) is 0 Å². The summed E-state index contributed by atoms with van der Waals surface area (Å²) < 4.78 is 2.29. The zero-order valence-electron chi connectivity index (χ0n) is 36.9. The Bertz CT molecular complexity index is 3760. The molecule has 0 radical (unpaired) electrons. The maximum Gasteiger partial charge on any atom is 0.145 e. The molecule has 0 spiro atoms. The minimum absolute atomic E-state index is 0.112. The molecule has 0 atom stereocenters. The lowest BCUT2D eigenvalue weighted by molar-refractivity contribution is 0.660. The molecule has 3 heteroatoms. The van der Waals surface area contributed by atoms with Gasteiger partial charge in [-0.1, -0.05) is 179 Å². The number of rotatable bonds is 5. The van der Waals surface area contributed by atoms with Crippen LogP contribution in [0.4, 0.5) is 0 Å². The Morgan fingerprint density at radius 3 is 1.57 bits per heavy atom. The first-order valence-corrected chi connectivity index (χ1v) is 22.7. The lowest BCUT2D eigenvalue weighted by atomic mass is 9.81. The van der Waals surface area contributed by atoms with E-state index < -0.39 is 0 Å². The van der Waals surface area contributed by atoms with Crippen LogP contribution in [0.15, 0.2) is 200 Å². The molecule has 0 N–H and O–H groups in total. The minimum Gasteiger partial charge on any atom is -0.292 e. The molecule has 0 fully saturated rings. The first-order chi connectivity index (χ1) is 31.7. The van der Waals surface area contributed by atoms with Crippen molar-refractivity contribution in [2.75, 3.05) is 0 Å². The highest BCUT2D eigenvalue weighted by atomic mass is 15.1. The molecule has 0 unspecified atom stereocenters. The van der Waals surface area contributed by atoms with E-state index in [0.717, 1.165) is 66.8 Å². The van der Waals surface area contributed by atoms with Crippen LogP contribution in [0, 0.1) is 0 Å². The largest absolute Gasteiger partial charge is 0.292 e. The molecule has 2 aromatic heterocycles. The molecule has 2 heterocycles. The van der Waals surface area contributed by atoms with E-state index >= 15 is 0 Å². The molecule has 9 aromatic carbocycles. The summed E-state index contributed by atoms with van der Waals surface area (Å²) in [5.74, 6) is 0.918. The maximum atomic E-state index is 5.67. The number of pyridine rings is 1. The summed E-state index contributed by atoms with van der Waals surface area (Å²) in [6.45, 7) is 9.42. The van der Waals surface area contributed by atoms with Crippen molar-refractivity contribution >= 4 is 32.7 Å². The van der Waals surface area contributed by atoms with Crippen molar-refractivity contribution in [2.45, 2.75) is 38.5 Å². The lowest BCUT2D eigenvalue weighted by Gasteiger charge is -2.22. The number of para-hydroxylation sites is 1. The maximum absolute atomic E-state index is 5.67. The average molecular weight is 832 g/mol. The van der Waals surface area contributed by atoms with E-state index in [-0.39, 0.29) is 10.8 Å². The van der Waals surface area contributed by atoms with Crippen LogP contribution in [-0.4, -0.2) is 14.5 Å². The monoisotopic (exact) mass is 831 g/mol. The van der Waals surface area contributed by atoms with Crippen molar-refractivity contribution in [3.8, 4) is 72.8 Å². The molecular weight excluding hydrogens is 787 g/mol. The van der Waals surface area contributed by atoms with Crippen molar-refractivity contribution < 1.29 is 0 Å². The molecular formula is C62H45N3. The van der Waals surface area contributed by atoms with Crippen LogP contribution >= 0.6 is 0 Å². The molecule has 3 nitrogen and oxygen atoms in total. The topological polar surface area (TPSA) is 30.7 Å². The van der Waals surface area contributed by atoms with Crippen LogP contribution in [0.25, 0.3) is 106 Å². The van der Waals surface area contributed by atoms with Crippen molar-refractivity contribution in [1.29, 1.82) is 0 Å². The zero-order valence-corrected chi connectivity index (χ0v) is 36.9. The van der Waals surface area contributed by atoms with Gasteiger partial charge in [0.15, 0.2) is 0 Å². The molecule has 0 saturated heterocycles. The van der Waals surface area contributed by atoms with Crippen LogP contribution in [-0.2, 0) is 10.8 Å². The summed E-state index contributed by atoms with van der Waals surface area (Å²) in [4.78, 5) is 11.1. The van der Waals surface area contributed by atoms with Gasteiger partial charge in [-0.15, -0.1) is 0 Å². The second-order valence-corrected chi connectivity index (χ2v) is 19.0. The van der Waals surface area contributed by atoms with E-state index in [1.54, 1.807) is 0 Å².